The Morgan fingerprint density at radius 2 is 1.88 bits per heavy atom. The fourth-order valence-corrected chi connectivity index (χ4v) is 3.67. The molecule has 6 nitrogen and oxygen atoms in total. The van der Waals surface area contributed by atoms with Crippen LogP contribution < -0.4 is 4.74 Å². The first kappa shape index (κ1) is 16.5. The summed E-state index contributed by atoms with van der Waals surface area (Å²) in [6.45, 7) is 2.15. The molecule has 0 amide bonds. The highest BCUT2D eigenvalue weighted by Gasteiger charge is 2.16. The lowest BCUT2D eigenvalue weighted by atomic mass is 10.2. The second-order valence-electron chi connectivity index (χ2n) is 5.72. The van der Waals surface area contributed by atoms with Crippen molar-refractivity contribution >= 4 is 22.9 Å². The minimum atomic E-state index is 0.247. The number of nitrogens with zero attached hydrogens (tertiary/aromatic N) is 5. The van der Waals surface area contributed by atoms with Gasteiger partial charge in [-0.25, -0.2) is 9.97 Å². The molecule has 0 N–H and O–H groups in total. The summed E-state index contributed by atoms with van der Waals surface area (Å²) in [6, 6.07) is 18.0. The Kier molecular flexibility index (Phi) is 4.53. The summed E-state index contributed by atoms with van der Waals surface area (Å²) in [6.07, 6.45) is 1.56. The largest absolute Gasteiger partial charge is 0.497 e. The molecule has 0 saturated heterocycles. The third-order valence-electron chi connectivity index (χ3n) is 4.06. The molecular formula is C19H17N5OS. The standard InChI is InChI=1S/C19H17N5OS/c1-13(14-7-4-3-5-8-14)26-19-17-18(20-12-21-19)24(23-22-17)15-9-6-10-16(11-15)25-2/h3-13H,1-2H3/t13-/m1/s1. The van der Waals surface area contributed by atoms with Gasteiger partial charge in [-0.2, -0.15) is 4.68 Å². The van der Waals surface area contributed by atoms with Gasteiger partial charge in [-0.05, 0) is 24.6 Å². The number of methoxy groups -OCH3 is 1. The monoisotopic (exact) mass is 363 g/mol. The van der Waals surface area contributed by atoms with E-state index < -0.39 is 0 Å². The first-order valence-corrected chi connectivity index (χ1v) is 9.06. The van der Waals surface area contributed by atoms with Gasteiger partial charge in [0.15, 0.2) is 11.2 Å². The summed E-state index contributed by atoms with van der Waals surface area (Å²) in [5.74, 6) is 0.757. The van der Waals surface area contributed by atoms with Crippen LogP contribution in [0, 0.1) is 0 Å². The molecule has 4 rings (SSSR count). The van der Waals surface area contributed by atoms with E-state index in [0.717, 1.165) is 16.5 Å². The van der Waals surface area contributed by atoms with Crippen LogP contribution >= 0.6 is 11.8 Å². The number of hydrogen-bond donors (Lipinski definition) is 0. The first-order valence-electron chi connectivity index (χ1n) is 8.18. The van der Waals surface area contributed by atoms with Crippen molar-refractivity contribution in [3.05, 3.63) is 66.5 Å². The number of hydrogen-bond acceptors (Lipinski definition) is 6. The molecule has 130 valence electrons. The van der Waals surface area contributed by atoms with Crippen LogP contribution in [0.25, 0.3) is 16.9 Å². The molecule has 0 saturated carbocycles. The number of ether oxygens (including phenoxy) is 1. The normalized spacial score (nSPS) is 12.2. The maximum absolute atomic E-state index is 5.29. The highest BCUT2D eigenvalue weighted by Crippen LogP contribution is 2.36. The summed E-state index contributed by atoms with van der Waals surface area (Å²) in [5, 5.41) is 9.67. The SMILES string of the molecule is COc1cccc(-n2nnc3c(S[C@H](C)c4ccccc4)ncnc32)c1. The van der Waals surface area contributed by atoms with E-state index in [9.17, 15) is 0 Å². The third-order valence-corrected chi connectivity index (χ3v) is 5.21. The summed E-state index contributed by atoms with van der Waals surface area (Å²) < 4.78 is 7.00. The lowest BCUT2D eigenvalue weighted by molar-refractivity contribution is 0.414. The van der Waals surface area contributed by atoms with Crippen molar-refractivity contribution in [3.8, 4) is 11.4 Å². The molecule has 0 unspecified atom stereocenters. The van der Waals surface area contributed by atoms with E-state index in [0.29, 0.717) is 11.2 Å². The van der Waals surface area contributed by atoms with E-state index in [1.807, 2.05) is 42.5 Å². The number of rotatable bonds is 5. The highest BCUT2D eigenvalue weighted by molar-refractivity contribution is 7.99. The molecule has 0 fully saturated rings. The number of thioether (sulfide) groups is 1. The highest BCUT2D eigenvalue weighted by atomic mass is 32.2. The Morgan fingerprint density at radius 1 is 1.04 bits per heavy atom. The van der Waals surface area contributed by atoms with E-state index in [2.05, 4.69) is 39.3 Å². The quantitative estimate of drug-likeness (QED) is 0.393. The smallest absolute Gasteiger partial charge is 0.187 e. The Bertz CT molecular complexity index is 1030. The van der Waals surface area contributed by atoms with Gasteiger partial charge >= 0.3 is 0 Å². The van der Waals surface area contributed by atoms with Gasteiger partial charge in [0, 0.05) is 11.3 Å². The van der Waals surface area contributed by atoms with Crippen LogP contribution in [0.5, 0.6) is 5.75 Å². The predicted molar refractivity (Wildman–Crippen MR) is 102 cm³/mol. The molecule has 4 aromatic rings. The molecule has 7 heteroatoms. The van der Waals surface area contributed by atoms with Gasteiger partial charge < -0.3 is 4.74 Å². The average Bonchev–Trinajstić information content (AvgIpc) is 3.14. The Balaban J connectivity index is 1.71. The van der Waals surface area contributed by atoms with E-state index >= 15 is 0 Å². The van der Waals surface area contributed by atoms with E-state index in [4.69, 9.17) is 4.74 Å². The van der Waals surface area contributed by atoms with E-state index in [1.165, 1.54) is 5.56 Å². The number of aromatic nitrogens is 5. The zero-order valence-electron chi connectivity index (χ0n) is 14.4. The molecule has 2 aromatic carbocycles. The van der Waals surface area contributed by atoms with Crippen molar-refractivity contribution in [1.29, 1.82) is 0 Å². The Morgan fingerprint density at radius 3 is 2.69 bits per heavy atom. The molecule has 2 aromatic heterocycles. The minimum Gasteiger partial charge on any atom is -0.497 e. The number of fused-ring (bicyclic) bond motifs is 1. The molecule has 0 radical (unpaired) electrons. The van der Waals surface area contributed by atoms with Crippen LogP contribution in [0.4, 0.5) is 0 Å². The van der Waals surface area contributed by atoms with Gasteiger partial charge in [-0.1, -0.05) is 53.4 Å². The lowest BCUT2D eigenvalue weighted by Crippen LogP contribution is -1.99. The van der Waals surface area contributed by atoms with Gasteiger partial charge in [0.1, 0.15) is 17.1 Å². The summed E-state index contributed by atoms with van der Waals surface area (Å²) in [7, 11) is 1.64. The molecule has 0 aliphatic rings. The van der Waals surface area contributed by atoms with Gasteiger partial charge in [-0.15, -0.1) is 5.10 Å². The van der Waals surface area contributed by atoms with Crippen LogP contribution in [0.3, 0.4) is 0 Å². The maximum atomic E-state index is 5.29. The Hall–Kier alpha value is -2.93. The molecular weight excluding hydrogens is 346 g/mol. The second kappa shape index (κ2) is 7.13. The molecule has 1 atom stereocenters. The van der Waals surface area contributed by atoms with Crippen molar-refractivity contribution in [2.75, 3.05) is 7.11 Å². The molecule has 0 spiro atoms. The van der Waals surface area contributed by atoms with Gasteiger partial charge in [0.25, 0.3) is 0 Å². The third kappa shape index (κ3) is 3.13. The molecule has 0 aliphatic carbocycles. The predicted octanol–water partition coefficient (Wildman–Crippen LogP) is 4.07. The van der Waals surface area contributed by atoms with Crippen LogP contribution in [-0.2, 0) is 0 Å². The summed E-state index contributed by atoms with van der Waals surface area (Å²) >= 11 is 1.65. The van der Waals surface area contributed by atoms with Crippen molar-refractivity contribution < 1.29 is 4.74 Å². The van der Waals surface area contributed by atoms with Crippen molar-refractivity contribution in [3.63, 3.8) is 0 Å². The van der Waals surface area contributed by atoms with Crippen LogP contribution in [0.15, 0.2) is 66.0 Å². The van der Waals surface area contributed by atoms with E-state index in [-0.39, 0.29) is 5.25 Å². The van der Waals surface area contributed by atoms with Crippen molar-refractivity contribution in [2.45, 2.75) is 17.2 Å². The molecule has 26 heavy (non-hydrogen) atoms. The Labute approximate surface area is 155 Å². The summed E-state index contributed by atoms with van der Waals surface area (Å²) in [4.78, 5) is 8.81. The minimum absolute atomic E-state index is 0.247. The van der Waals surface area contributed by atoms with Crippen LogP contribution in [0.2, 0.25) is 0 Å². The maximum Gasteiger partial charge on any atom is 0.187 e. The zero-order valence-corrected chi connectivity index (χ0v) is 15.2. The van der Waals surface area contributed by atoms with Crippen LogP contribution in [-0.4, -0.2) is 32.1 Å². The lowest BCUT2D eigenvalue weighted by Gasteiger charge is -2.10. The van der Waals surface area contributed by atoms with Crippen molar-refractivity contribution in [2.24, 2.45) is 0 Å². The van der Waals surface area contributed by atoms with Gasteiger partial charge in [-0.3, -0.25) is 0 Å². The first-order chi connectivity index (χ1) is 12.8. The average molecular weight is 363 g/mol. The number of benzene rings is 2. The molecule has 2 heterocycles. The second-order valence-corrected chi connectivity index (χ2v) is 7.05. The van der Waals surface area contributed by atoms with Crippen molar-refractivity contribution in [1.82, 2.24) is 25.0 Å². The topological polar surface area (TPSA) is 65.7 Å². The zero-order chi connectivity index (χ0) is 17.9. The van der Waals surface area contributed by atoms with Crippen LogP contribution in [0.1, 0.15) is 17.7 Å². The fourth-order valence-electron chi connectivity index (χ4n) is 2.69. The summed E-state index contributed by atoms with van der Waals surface area (Å²) in [5.41, 5.74) is 3.46. The van der Waals surface area contributed by atoms with E-state index in [1.54, 1.807) is 29.9 Å². The molecule has 0 bridgehead atoms. The van der Waals surface area contributed by atoms with Gasteiger partial charge in [0.2, 0.25) is 0 Å². The molecule has 0 aliphatic heterocycles. The fraction of sp³-hybridized carbons (Fsp3) is 0.158. The van der Waals surface area contributed by atoms with Gasteiger partial charge in [0.05, 0.1) is 12.8 Å².